The van der Waals surface area contributed by atoms with Crippen LogP contribution in [-0.2, 0) is 17.4 Å². The third-order valence-electron chi connectivity index (χ3n) is 3.88. The summed E-state index contributed by atoms with van der Waals surface area (Å²) in [5.41, 5.74) is 0.688. The fourth-order valence-corrected chi connectivity index (χ4v) is 2.56. The van der Waals surface area contributed by atoms with Gasteiger partial charge in [-0.1, -0.05) is 24.3 Å². The molecule has 1 N–H and O–H groups in total. The molecule has 0 radical (unpaired) electrons. The van der Waals surface area contributed by atoms with Crippen molar-refractivity contribution in [1.82, 2.24) is 4.98 Å². The van der Waals surface area contributed by atoms with Gasteiger partial charge in [0.05, 0.1) is 5.56 Å². The highest BCUT2D eigenvalue weighted by molar-refractivity contribution is 6.01. The molecule has 0 aliphatic carbocycles. The molecule has 0 saturated heterocycles. The number of anilines is 1. The van der Waals surface area contributed by atoms with E-state index in [1.54, 1.807) is 18.5 Å². The lowest BCUT2D eigenvalue weighted by molar-refractivity contribution is -0.137. The summed E-state index contributed by atoms with van der Waals surface area (Å²) >= 11 is 0. The Morgan fingerprint density at radius 2 is 1.80 bits per heavy atom. The second-order valence-electron chi connectivity index (χ2n) is 5.65. The van der Waals surface area contributed by atoms with Crippen molar-refractivity contribution in [2.75, 3.05) is 5.32 Å². The number of nitrogens with zero attached hydrogens (tertiary/aromatic N) is 1. The number of nitrogens with one attached hydrogen (secondary N) is 1. The number of aromatic nitrogens is 1. The van der Waals surface area contributed by atoms with Gasteiger partial charge in [-0.05, 0) is 36.2 Å². The zero-order chi connectivity index (χ0) is 17.9. The average Bonchev–Trinajstić information content (AvgIpc) is 2.60. The van der Waals surface area contributed by atoms with E-state index in [9.17, 15) is 18.0 Å². The van der Waals surface area contributed by atoms with Crippen molar-refractivity contribution in [2.24, 2.45) is 0 Å². The molecule has 1 aromatic heterocycles. The molecule has 0 atom stereocenters. The molecule has 3 rings (SSSR count). The van der Waals surface area contributed by atoms with E-state index in [2.05, 4.69) is 10.3 Å². The van der Waals surface area contributed by atoms with Gasteiger partial charge in [0.15, 0.2) is 0 Å². The van der Waals surface area contributed by atoms with Crippen molar-refractivity contribution in [3.05, 3.63) is 72.1 Å². The van der Waals surface area contributed by atoms with Crippen LogP contribution >= 0.6 is 0 Å². The lowest BCUT2D eigenvalue weighted by atomic mass is 10.1. The van der Waals surface area contributed by atoms with Crippen LogP contribution in [-0.4, -0.2) is 10.9 Å². The predicted octanol–water partition coefficient (Wildman–Crippen LogP) is 4.82. The molecule has 1 heterocycles. The Labute approximate surface area is 142 Å². The maximum atomic E-state index is 12.5. The third kappa shape index (κ3) is 4.15. The van der Waals surface area contributed by atoms with E-state index in [1.165, 1.54) is 12.1 Å². The number of carbonyl (C=O) groups excluding carboxylic acids is 1. The quantitative estimate of drug-likeness (QED) is 0.737. The van der Waals surface area contributed by atoms with E-state index in [-0.39, 0.29) is 12.3 Å². The molecule has 0 unspecified atom stereocenters. The van der Waals surface area contributed by atoms with Crippen molar-refractivity contribution in [2.45, 2.75) is 19.0 Å². The summed E-state index contributed by atoms with van der Waals surface area (Å²) in [6.45, 7) is 0. The lowest BCUT2D eigenvalue weighted by Crippen LogP contribution is -2.12. The molecule has 128 valence electrons. The molecule has 3 nitrogen and oxygen atoms in total. The summed E-state index contributed by atoms with van der Waals surface area (Å²) in [6.07, 6.45) is -0.421. The Kier molecular flexibility index (Phi) is 4.70. The van der Waals surface area contributed by atoms with Gasteiger partial charge in [-0.15, -0.1) is 0 Å². The van der Waals surface area contributed by atoms with Gasteiger partial charge in [-0.25, -0.2) is 0 Å². The number of benzene rings is 2. The van der Waals surface area contributed by atoms with Gasteiger partial charge < -0.3 is 5.32 Å². The van der Waals surface area contributed by atoms with Gasteiger partial charge in [0, 0.05) is 35.3 Å². The van der Waals surface area contributed by atoms with Gasteiger partial charge in [-0.3, -0.25) is 9.78 Å². The Hall–Kier alpha value is -2.89. The van der Waals surface area contributed by atoms with Gasteiger partial charge >= 0.3 is 6.18 Å². The average molecular weight is 344 g/mol. The third-order valence-corrected chi connectivity index (χ3v) is 3.88. The highest BCUT2D eigenvalue weighted by Crippen LogP contribution is 2.29. The van der Waals surface area contributed by atoms with Crippen molar-refractivity contribution >= 4 is 22.4 Å². The van der Waals surface area contributed by atoms with Gasteiger partial charge in [-0.2, -0.15) is 13.2 Å². The predicted molar refractivity (Wildman–Crippen MR) is 90.1 cm³/mol. The summed E-state index contributed by atoms with van der Waals surface area (Å²) in [4.78, 5) is 16.2. The second kappa shape index (κ2) is 6.93. The minimum Gasteiger partial charge on any atom is -0.326 e. The van der Waals surface area contributed by atoms with Crippen LogP contribution in [0, 0.1) is 0 Å². The summed E-state index contributed by atoms with van der Waals surface area (Å²) < 4.78 is 37.6. The monoisotopic (exact) mass is 344 g/mol. The van der Waals surface area contributed by atoms with Gasteiger partial charge in [0.1, 0.15) is 0 Å². The summed E-state index contributed by atoms with van der Waals surface area (Å²) in [6, 6.07) is 12.2. The minimum atomic E-state index is -4.35. The number of carbonyl (C=O) groups is 1. The second-order valence-corrected chi connectivity index (χ2v) is 5.65. The minimum absolute atomic E-state index is 0.187. The Morgan fingerprint density at radius 3 is 2.52 bits per heavy atom. The maximum Gasteiger partial charge on any atom is 0.416 e. The molecule has 25 heavy (non-hydrogen) atoms. The van der Waals surface area contributed by atoms with Crippen molar-refractivity contribution in [3.8, 4) is 0 Å². The number of hydrogen-bond donors (Lipinski definition) is 1. The lowest BCUT2D eigenvalue weighted by Gasteiger charge is -2.09. The number of amides is 1. The Balaban J connectivity index is 1.63. The molecule has 0 fully saturated rings. The van der Waals surface area contributed by atoms with Crippen LogP contribution in [0.2, 0.25) is 0 Å². The van der Waals surface area contributed by atoms with Crippen LogP contribution in [0.15, 0.2) is 60.9 Å². The van der Waals surface area contributed by atoms with Gasteiger partial charge in [0.25, 0.3) is 0 Å². The molecule has 0 saturated carbocycles. The largest absolute Gasteiger partial charge is 0.416 e. The van der Waals surface area contributed by atoms with E-state index >= 15 is 0 Å². The highest BCUT2D eigenvalue weighted by Gasteiger charge is 2.29. The van der Waals surface area contributed by atoms with E-state index < -0.39 is 11.7 Å². The SMILES string of the molecule is O=C(CCc1ccc(C(F)(F)F)cc1)Nc1cccc2cnccc12. The van der Waals surface area contributed by atoms with Crippen molar-refractivity contribution in [1.29, 1.82) is 0 Å². The first kappa shape index (κ1) is 17.0. The number of rotatable bonds is 4. The van der Waals surface area contributed by atoms with Crippen molar-refractivity contribution in [3.63, 3.8) is 0 Å². The fourth-order valence-electron chi connectivity index (χ4n) is 2.56. The number of pyridine rings is 1. The number of halogens is 3. The van der Waals surface area contributed by atoms with Crippen LogP contribution in [0.5, 0.6) is 0 Å². The fraction of sp³-hybridized carbons (Fsp3) is 0.158. The maximum absolute atomic E-state index is 12.5. The molecule has 6 heteroatoms. The van der Waals surface area contributed by atoms with Crippen LogP contribution < -0.4 is 5.32 Å². The van der Waals surface area contributed by atoms with Crippen LogP contribution in [0.25, 0.3) is 10.8 Å². The first-order chi connectivity index (χ1) is 11.9. The molecule has 0 aliphatic rings. The Bertz CT molecular complexity index is 884. The first-order valence-corrected chi connectivity index (χ1v) is 7.72. The smallest absolute Gasteiger partial charge is 0.326 e. The van der Waals surface area contributed by atoms with Crippen molar-refractivity contribution < 1.29 is 18.0 Å². The standard InChI is InChI=1S/C19H15F3N2O/c20-19(21,22)15-7-4-13(5-8-15)6-9-18(25)24-17-3-1-2-14-12-23-11-10-16(14)17/h1-5,7-8,10-12H,6,9H2,(H,24,25). The molecule has 3 aromatic rings. The molecule has 0 bridgehead atoms. The van der Waals surface area contributed by atoms with Crippen LogP contribution in [0.1, 0.15) is 17.5 Å². The summed E-state index contributed by atoms with van der Waals surface area (Å²) in [5, 5.41) is 4.65. The van der Waals surface area contributed by atoms with Gasteiger partial charge in [0.2, 0.25) is 5.91 Å². The number of alkyl halides is 3. The van der Waals surface area contributed by atoms with Crippen LogP contribution in [0.4, 0.5) is 18.9 Å². The molecule has 2 aromatic carbocycles. The number of aryl methyl sites for hydroxylation is 1. The zero-order valence-electron chi connectivity index (χ0n) is 13.2. The first-order valence-electron chi connectivity index (χ1n) is 7.72. The molecule has 0 aliphatic heterocycles. The van der Waals surface area contributed by atoms with E-state index in [0.29, 0.717) is 17.7 Å². The van der Waals surface area contributed by atoms with E-state index in [0.717, 1.165) is 22.9 Å². The summed E-state index contributed by atoms with van der Waals surface area (Å²) in [7, 11) is 0. The topological polar surface area (TPSA) is 42.0 Å². The molecule has 1 amide bonds. The van der Waals surface area contributed by atoms with E-state index in [4.69, 9.17) is 0 Å². The zero-order valence-corrected chi connectivity index (χ0v) is 13.2. The van der Waals surface area contributed by atoms with Crippen LogP contribution in [0.3, 0.4) is 0 Å². The molecular weight excluding hydrogens is 329 g/mol. The normalized spacial score (nSPS) is 11.5. The molecular formula is C19H15F3N2O. The van der Waals surface area contributed by atoms with E-state index in [1.807, 2.05) is 18.2 Å². The summed E-state index contributed by atoms with van der Waals surface area (Å²) in [5.74, 6) is -0.191. The molecule has 0 spiro atoms. The highest BCUT2D eigenvalue weighted by atomic mass is 19.4. The number of hydrogen-bond acceptors (Lipinski definition) is 2. The number of fused-ring (bicyclic) bond motifs is 1. The Morgan fingerprint density at radius 1 is 1.04 bits per heavy atom.